The molecule has 0 unspecified atom stereocenters. The lowest BCUT2D eigenvalue weighted by molar-refractivity contribution is 0.351. The van der Waals surface area contributed by atoms with Gasteiger partial charge in [0.25, 0.3) is 0 Å². The summed E-state index contributed by atoms with van der Waals surface area (Å²) in [6.45, 7) is 6.48. The number of aliphatic imine (C=N–C) groups is 1. The van der Waals surface area contributed by atoms with Gasteiger partial charge in [0.2, 0.25) is 0 Å². The highest BCUT2D eigenvalue weighted by atomic mass is 35.5. The smallest absolute Gasteiger partial charge is 0.0867 e. The summed E-state index contributed by atoms with van der Waals surface area (Å²) >= 11 is 0. The summed E-state index contributed by atoms with van der Waals surface area (Å²) in [5.74, 6) is 0. The number of hydrogen-bond donors (Lipinski definition) is 1. The first-order valence-corrected chi connectivity index (χ1v) is 4.88. The minimum Gasteiger partial charge on any atom is -0.242 e. The van der Waals surface area contributed by atoms with Gasteiger partial charge in [-0.2, -0.15) is 0 Å². The lowest BCUT2D eigenvalue weighted by Crippen LogP contribution is -2.24. The van der Waals surface area contributed by atoms with Crippen LogP contribution >= 0.6 is 12.4 Å². The third-order valence-corrected chi connectivity index (χ3v) is 2.38. The van der Waals surface area contributed by atoms with E-state index in [1.165, 1.54) is 0 Å². The Hall–Kier alpha value is -0.330. The number of hydrogen-bond acceptors (Lipinski definition) is 2. The molecule has 0 rings (SSSR count). The van der Waals surface area contributed by atoms with E-state index in [4.69, 9.17) is 5.41 Å². The Morgan fingerprint density at radius 1 is 1.15 bits per heavy atom. The van der Waals surface area contributed by atoms with E-state index < -0.39 is 0 Å². The van der Waals surface area contributed by atoms with E-state index in [1.54, 1.807) is 0 Å². The fourth-order valence-electron chi connectivity index (χ4n) is 1.72. The van der Waals surface area contributed by atoms with E-state index >= 15 is 0 Å². The third kappa shape index (κ3) is 5.07. The van der Waals surface area contributed by atoms with Crippen LogP contribution in [0.4, 0.5) is 0 Å². The van der Waals surface area contributed by atoms with Crippen molar-refractivity contribution in [1.82, 2.24) is 0 Å². The van der Waals surface area contributed by atoms with Crippen molar-refractivity contribution in [3.8, 4) is 0 Å². The van der Waals surface area contributed by atoms with Crippen molar-refractivity contribution in [3.63, 3.8) is 0 Å². The van der Waals surface area contributed by atoms with Gasteiger partial charge < -0.3 is 0 Å². The highest BCUT2D eigenvalue weighted by molar-refractivity contribution is 5.85. The summed E-state index contributed by atoms with van der Waals surface area (Å²) in [5.41, 5.74) is 0.0191. The van der Waals surface area contributed by atoms with E-state index in [2.05, 4.69) is 31.8 Å². The van der Waals surface area contributed by atoms with Gasteiger partial charge in [-0.25, -0.2) is 10.4 Å². The molecule has 0 aliphatic carbocycles. The lowest BCUT2D eigenvalue weighted by Gasteiger charge is -2.26. The molecule has 78 valence electrons. The normalized spacial score (nSPS) is 10.1. The Morgan fingerprint density at radius 3 is 1.85 bits per heavy atom. The van der Waals surface area contributed by atoms with Gasteiger partial charge in [-0.05, 0) is 19.3 Å². The van der Waals surface area contributed by atoms with Crippen LogP contribution in [-0.2, 0) is 0 Å². The largest absolute Gasteiger partial charge is 0.242 e. The Morgan fingerprint density at radius 2 is 1.62 bits per heavy atom. The molecular weight excluding hydrogens is 184 g/mol. The van der Waals surface area contributed by atoms with Gasteiger partial charge in [0.1, 0.15) is 0 Å². The fourth-order valence-corrected chi connectivity index (χ4v) is 1.72. The van der Waals surface area contributed by atoms with Crippen LogP contribution in [0, 0.1) is 5.41 Å². The van der Waals surface area contributed by atoms with Crippen LogP contribution in [0.3, 0.4) is 0 Å². The molecule has 2 nitrogen and oxygen atoms in total. The molecule has 0 atom stereocenters. The van der Waals surface area contributed by atoms with Gasteiger partial charge in [0, 0.05) is 0 Å². The van der Waals surface area contributed by atoms with Crippen molar-refractivity contribution in [2.45, 2.75) is 58.4 Å². The number of nitrogens with zero attached hydrogens (tertiary/aromatic N) is 1. The molecule has 0 saturated heterocycles. The average molecular weight is 205 g/mol. The molecular formula is C10H21ClN2. The van der Waals surface area contributed by atoms with E-state index in [9.17, 15) is 0 Å². The first kappa shape index (κ1) is 15.2. The number of halogens is 1. The molecule has 0 aromatic heterocycles. The van der Waals surface area contributed by atoms with Crippen LogP contribution in [0.25, 0.3) is 0 Å². The van der Waals surface area contributed by atoms with Crippen LogP contribution in [0.5, 0.6) is 0 Å². The molecule has 3 heteroatoms. The summed E-state index contributed by atoms with van der Waals surface area (Å²) in [4.78, 5) is 4.17. The molecule has 0 fully saturated rings. The first-order valence-electron chi connectivity index (χ1n) is 4.88. The Labute approximate surface area is 87.8 Å². The minimum atomic E-state index is 0. The number of nitrogens with one attached hydrogen (secondary N) is 1. The highest BCUT2D eigenvalue weighted by Crippen LogP contribution is 2.27. The third-order valence-electron chi connectivity index (χ3n) is 2.38. The molecule has 0 aromatic rings. The topological polar surface area (TPSA) is 36.2 Å². The van der Waals surface area contributed by atoms with Gasteiger partial charge >= 0.3 is 0 Å². The minimum absolute atomic E-state index is 0. The Balaban J connectivity index is 0. The molecule has 0 saturated carbocycles. The Kier molecular flexibility index (Phi) is 9.65. The fraction of sp³-hybridized carbons (Fsp3) is 0.900. The molecule has 0 aliphatic heterocycles. The monoisotopic (exact) mass is 204 g/mol. The van der Waals surface area contributed by atoms with Gasteiger partial charge in [0.15, 0.2) is 0 Å². The number of rotatable bonds is 6. The summed E-state index contributed by atoms with van der Waals surface area (Å²) in [6.07, 6.45) is 5.48. The second-order valence-corrected chi connectivity index (χ2v) is 3.30. The first-order chi connectivity index (χ1) is 5.74. The van der Waals surface area contributed by atoms with Crippen molar-refractivity contribution >= 4 is 18.4 Å². The van der Waals surface area contributed by atoms with Gasteiger partial charge in [-0.1, -0.05) is 33.6 Å². The van der Waals surface area contributed by atoms with Gasteiger partial charge in [-0.15, -0.1) is 12.4 Å². The van der Waals surface area contributed by atoms with Crippen LogP contribution in [0.2, 0.25) is 0 Å². The predicted octanol–water partition coefficient (Wildman–Crippen LogP) is 3.91. The molecule has 0 radical (unpaired) electrons. The zero-order chi connectivity index (χ0) is 9.45. The molecule has 0 bridgehead atoms. The summed E-state index contributed by atoms with van der Waals surface area (Å²) in [5, 5.41) is 6.90. The molecule has 0 aliphatic rings. The molecule has 13 heavy (non-hydrogen) atoms. The van der Waals surface area contributed by atoms with Gasteiger partial charge in [-0.3, -0.25) is 0 Å². The standard InChI is InChI=1S/C10H20N2.ClH/c1-4-7-10(6-3,8-5-2)12-9-11;/h11H,4-8H2,1-3H3;1H. The molecule has 1 N–H and O–H groups in total. The quantitative estimate of drug-likeness (QED) is 0.637. The van der Waals surface area contributed by atoms with Crippen LogP contribution < -0.4 is 0 Å². The SMILES string of the molecule is CCCC(CC)(CCC)N=C=N.Cl. The second kappa shape index (κ2) is 8.28. The second-order valence-electron chi connectivity index (χ2n) is 3.30. The summed E-state index contributed by atoms with van der Waals surface area (Å²) in [6, 6.07) is 2.20. The maximum atomic E-state index is 6.90. The maximum absolute atomic E-state index is 6.90. The zero-order valence-electron chi connectivity index (χ0n) is 8.89. The molecule has 0 spiro atoms. The Bertz CT molecular complexity index is 156. The van der Waals surface area contributed by atoms with Crippen molar-refractivity contribution in [3.05, 3.63) is 0 Å². The van der Waals surface area contributed by atoms with Gasteiger partial charge in [0.05, 0.1) is 11.5 Å². The summed E-state index contributed by atoms with van der Waals surface area (Å²) in [7, 11) is 0. The van der Waals surface area contributed by atoms with Crippen LogP contribution in [0.1, 0.15) is 52.9 Å². The van der Waals surface area contributed by atoms with Crippen molar-refractivity contribution in [2.75, 3.05) is 0 Å². The van der Waals surface area contributed by atoms with Crippen LogP contribution in [-0.4, -0.2) is 11.5 Å². The highest BCUT2D eigenvalue weighted by Gasteiger charge is 2.24. The molecule has 0 amide bonds. The molecule has 0 heterocycles. The van der Waals surface area contributed by atoms with Crippen molar-refractivity contribution < 1.29 is 0 Å². The predicted molar refractivity (Wildman–Crippen MR) is 60.2 cm³/mol. The maximum Gasteiger partial charge on any atom is 0.0867 e. The van der Waals surface area contributed by atoms with E-state index in [-0.39, 0.29) is 17.9 Å². The summed E-state index contributed by atoms with van der Waals surface area (Å²) < 4.78 is 0. The van der Waals surface area contributed by atoms with E-state index in [0.717, 1.165) is 32.1 Å². The average Bonchev–Trinajstić information content (AvgIpc) is 2.06. The van der Waals surface area contributed by atoms with Crippen molar-refractivity contribution in [2.24, 2.45) is 4.99 Å². The van der Waals surface area contributed by atoms with Crippen molar-refractivity contribution in [1.29, 1.82) is 5.41 Å². The zero-order valence-corrected chi connectivity index (χ0v) is 9.71. The lowest BCUT2D eigenvalue weighted by atomic mass is 9.87. The van der Waals surface area contributed by atoms with E-state index in [1.807, 2.05) is 0 Å². The van der Waals surface area contributed by atoms with Crippen LogP contribution in [0.15, 0.2) is 4.99 Å². The van der Waals surface area contributed by atoms with E-state index in [0.29, 0.717) is 0 Å². The molecule has 0 aromatic carbocycles.